The normalized spacial score (nSPS) is 19.2. The highest BCUT2D eigenvalue weighted by atomic mass is 35.5. The van der Waals surface area contributed by atoms with E-state index in [0.29, 0.717) is 10.6 Å². The zero-order chi connectivity index (χ0) is 14.0. The van der Waals surface area contributed by atoms with Crippen molar-refractivity contribution in [3.8, 4) is 5.75 Å². The smallest absolute Gasteiger partial charge is 0.257 e. The molecule has 0 radical (unpaired) electrons. The van der Waals surface area contributed by atoms with Gasteiger partial charge >= 0.3 is 0 Å². The maximum atomic E-state index is 12.5. The second-order valence-corrected chi connectivity index (χ2v) is 5.65. The molecule has 5 heteroatoms. The van der Waals surface area contributed by atoms with Crippen LogP contribution in [0.1, 0.15) is 23.2 Å². The van der Waals surface area contributed by atoms with Crippen molar-refractivity contribution in [2.24, 2.45) is 0 Å². The Kier molecular flexibility index (Phi) is 4.32. The molecule has 1 atom stereocenters. The van der Waals surface area contributed by atoms with E-state index < -0.39 is 0 Å². The van der Waals surface area contributed by atoms with Crippen molar-refractivity contribution >= 4 is 17.5 Å². The van der Waals surface area contributed by atoms with Crippen LogP contribution in [0.4, 0.5) is 0 Å². The first-order valence-corrected chi connectivity index (χ1v) is 6.81. The first kappa shape index (κ1) is 14.2. The summed E-state index contributed by atoms with van der Waals surface area (Å²) in [5.74, 6) is -0.161. The number of nitrogens with zero attached hydrogens (tertiary/aromatic N) is 2. The third kappa shape index (κ3) is 3.19. The third-order valence-electron chi connectivity index (χ3n) is 3.40. The first-order chi connectivity index (χ1) is 8.99. The highest BCUT2D eigenvalue weighted by Crippen LogP contribution is 2.27. The summed E-state index contributed by atoms with van der Waals surface area (Å²) in [5, 5.41) is 10.3. The van der Waals surface area contributed by atoms with Gasteiger partial charge in [0.25, 0.3) is 5.91 Å². The Hall–Kier alpha value is -1.26. The minimum atomic E-state index is -0.112. The van der Waals surface area contributed by atoms with Crippen LogP contribution >= 0.6 is 11.6 Å². The molecule has 0 aliphatic carbocycles. The van der Waals surface area contributed by atoms with E-state index in [0.717, 1.165) is 25.9 Å². The molecule has 0 saturated carbocycles. The van der Waals surface area contributed by atoms with Gasteiger partial charge in [-0.1, -0.05) is 11.6 Å². The van der Waals surface area contributed by atoms with Crippen LogP contribution in [0.15, 0.2) is 18.2 Å². The van der Waals surface area contributed by atoms with Crippen molar-refractivity contribution in [3.63, 3.8) is 0 Å². The lowest BCUT2D eigenvalue weighted by molar-refractivity contribution is 0.0713. The molecular formula is C14H19ClN2O2. The number of phenols is 1. The molecule has 0 spiro atoms. The van der Waals surface area contributed by atoms with Crippen LogP contribution in [0, 0.1) is 0 Å². The SMILES string of the molecule is CN(C)CC1CCCN1C(=O)c1ccc(Cl)cc1O. The van der Waals surface area contributed by atoms with Crippen LogP contribution < -0.4 is 0 Å². The van der Waals surface area contributed by atoms with Gasteiger partial charge in [-0.2, -0.15) is 0 Å². The topological polar surface area (TPSA) is 43.8 Å². The second-order valence-electron chi connectivity index (χ2n) is 5.22. The molecule has 1 heterocycles. The Bertz CT molecular complexity index is 477. The number of likely N-dealkylation sites (N-methyl/N-ethyl adjacent to an activating group) is 1. The summed E-state index contributed by atoms with van der Waals surface area (Å²) in [7, 11) is 4.00. The average molecular weight is 283 g/mol. The summed E-state index contributed by atoms with van der Waals surface area (Å²) in [4.78, 5) is 16.4. The molecule has 0 bridgehead atoms. The van der Waals surface area contributed by atoms with Crippen molar-refractivity contribution in [1.29, 1.82) is 0 Å². The van der Waals surface area contributed by atoms with E-state index in [9.17, 15) is 9.90 Å². The van der Waals surface area contributed by atoms with Gasteiger partial charge in [0, 0.05) is 24.2 Å². The summed E-state index contributed by atoms with van der Waals surface area (Å²) in [6, 6.07) is 4.85. The van der Waals surface area contributed by atoms with Gasteiger partial charge in [-0.15, -0.1) is 0 Å². The van der Waals surface area contributed by atoms with Crippen LogP contribution in [0.25, 0.3) is 0 Å². The fourth-order valence-electron chi connectivity index (χ4n) is 2.55. The molecule has 104 valence electrons. The average Bonchev–Trinajstić information content (AvgIpc) is 2.75. The summed E-state index contributed by atoms with van der Waals surface area (Å²) < 4.78 is 0. The number of halogens is 1. The zero-order valence-corrected chi connectivity index (χ0v) is 12.0. The van der Waals surface area contributed by atoms with Crippen molar-refractivity contribution in [2.75, 3.05) is 27.2 Å². The summed E-state index contributed by atoms with van der Waals surface area (Å²) in [5.41, 5.74) is 0.329. The maximum absolute atomic E-state index is 12.5. The van der Waals surface area contributed by atoms with E-state index in [-0.39, 0.29) is 17.7 Å². The fourth-order valence-corrected chi connectivity index (χ4v) is 2.72. The molecule has 1 aliphatic rings. The molecule has 0 aromatic heterocycles. The highest BCUT2D eigenvalue weighted by molar-refractivity contribution is 6.30. The number of phenolic OH excluding ortho intramolecular Hbond substituents is 1. The standard InChI is InChI=1S/C14H19ClN2O2/c1-16(2)9-11-4-3-7-17(11)14(19)12-6-5-10(15)8-13(12)18/h5-6,8,11,18H,3-4,7,9H2,1-2H3. The van der Waals surface area contributed by atoms with Crippen LogP contribution in [0.3, 0.4) is 0 Å². The van der Waals surface area contributed by atoms with Gasteiger partial charge in [0.05, 0.1) is 5.56 Å². The van der Waals surface area contributed by atoms with Gasteiger partial charge in [0.1, 0.15) is 5.75 Å². The van der Waals surface area contributed by atoms with Gasteiger partial charge in [0.15, 0.2) is 0 Å². The van der Waals surface area contributed by atoms with Crippen LogP contribution in [-0.4, -0.2) is 54.0 Å². The number of hydrogen-bond acceptors (Lipinski definition) is 3. The number of hydrogen-bond donors (Lipinski definition) is 1. The van der Waals surface area contributed by atoms with Crippen molar-refractivity contribution in [1.82, 2.24) is 9.80 Å². The summed E-state index contributed by atoms with van der Waals surface area (Å²) in [6.45, 7) is 1.60. The van der Waals surface area contributed by atoms with Gasteiger partial charge in [-0.25, -0.2) is 0 Å². The lowest BCUT2D eigenvalue weighted by atomic mass is 10.1. The molecule has 19 heavy (non-hydrogen) atoms. The van der Waals surface area contributed by atoms with Gasteiger partial charge in [0.2, 0.25) is 0 Å². The van der Waals surface area contributed by atoms with Gasteiger partial charge in [-0.05, 0) is 45.1 Å². The lowest BCUT2D eigenvalue weighted by Gasteiger charge is -2.27. The van der Waals surface area contributed by atoms with Crippen LogP contribution in [-0.2, 0) is 0 Å². The molecule has 1 aliphatic heterocycles. The number of carbonyl (C=O) groups excluding carboxylic acids is 1. The largest absolute Gasteiger partial charge is 0.507 e. The molecule has 1 unspecified atom stereocenters. The Labute approximate surface area is 118 Å². The van der Waals surface area contributed by atoms with Crippen molar-refractivity contribution < 1.29 is 9.90 Å². The number of aromatic hydroxyl groups is 1. The van der Waals surface area contributed by atoms with E-state index in [1.54, 1.807) is 12.1 Å². The zero-order valence-electron chi connectivity index (χ0n) is 11.3. The van der Waals surface area contributed by atoms with Crippen molar-refractivity contribution in [3.05, 3.63) is 28.8 Å². The first-order valence-electron chi connectivity index (χ1n) is 6.43. The van der Waals surface area contributed by atoms with Crippen LogP contribution in [0.5, 0.6) is 5.75 Å². The number of carbonyl (C=O) groups is 1. The quantitative estimate of drug-likeness (QED) is 0.924. The molecule has 1 aromatic carbocycles. The van der Waals surface area contributed by atoms with E-state index >= 15 is 0 Å². The lowest BCUT2D eigenvalue weighted by Crippen LogP contribution is -2.41. The van der Waals surface area contributed by atoms with Crippen LogP contribution in [0.2, 0.25) is 5.02 Å². The predicted molar refractivity (Wildman–Crippen MR) is 75.7 cm³/mol. The Balaban J connectivity index is 2.18. The molecule has 1 saturated heterocycles. The van der Waals surface area contributed by atoms with E-state index in [4.69, 9.17) is 11.6 Å². The fraction of sp³-hybridized carbons (Fsp3) is 0.500. The molecule has 1 amide bonds. The number of amides is 1. The summed E-state index contributed by atoms with van der Waals surface area (Å²) in [6.07, 6.45) is 2.02. The number of rotatable bonds is 3. The molecule has 4 nitrogen and oxygen atoms in total. The minimum absolute atomic E-state index is 0.0481. The Morgan fingerprint density at radius 2 is 2.26 bits per heavy atom. The van der Waals surface area contributed by atoms with Gasteiger partial charge in [-0.3, -0.25) is 4.79 Å². The Morgan fingerprint density at radius 3 is 2.89 bits per heavy atom. The highest BCUT2D eigenvalue weighted by Gasteiger charge is 2.30. The molecular weight excluding hydrogens is 264 g/mol. The predicted octanol–water partition coefficient (Wildman–Crippen LogP) is 2.21. The third-order valence-corrected chi connectivity index (χ3v) is 3.64. The van der Waals surface area contributed by atoms with E-state index in [1.807, 2.05) is 19.0 Å². The second kappa shape index (κ2) is 5.80. The van der Waals surface area contributed by atoms with E-state index in [2.05, 4.69) is 4.90 Å². The number of benzene rings is 1. The molecule has 1 aromatic rings. The molecule has 1 N–H and O–H groups in total. The Morgan fingerprint density at radius 1 is 1.53 bits per heavy atom. The molecule has 2 rings (SSSR count). The molecule has 1 fully saturated rings. The van der Waals surface area contributed by atoms with Gasteiger partial charge < -0.3 is 14.9 Å². The maximum Gasteiger partial charge on any atom is 0.257 e. The summed E-state index contributed by atoms with van der Waals surface area (Å²) >= 11 is 5.79. The minimum Gasteiger partial charge on any atom is -0.507 e. The van der Waals surface area contributed by atoms with E-state index in [1.165, 1.54) is 6.07 Å². The monoisotopic (exact) mass is 282 g/mol. The number of likely N-dealkylation sites (tertiary alicyclic amines) is 1. The van der Waals surface area contributed by atoms with Crippen molar-refractivity contribution in [2.45, 2.75) is 18.9 Å².